The Kier molecular flexibility index (Phi) is 3.26. The second-order valence-electron chi connectivity index (χ2n) is 6.67. The fraction of sp³-hybridized carbons (Fsp3) is 0.0833. The Labute approximate surface area is 152 Å². The second-order valence-corrected chi connectivity index (χ2v) is 6.67. The molecule has 126 valence electrons. The highest BCUT2D eigenvalue weighted by atomic mass is 16.5. The summed E-state index contributed by atoms with van der Waals surface area (Å²) in [5.74, 6) is 0.878. The van der Waals surface area contributed by atoms with Crippen molar-refractivity contribution in [2.45, 2.75) is 6.92 Å². The third-order valence-electron chi connectivity index (χ3n) is 5.26. The first-order valence-corrected chi connectivity index (χ1v) is 8.84. The average molecular weight is 337 g/mol. The zero-order valence-corrected chi connectivity index (χ0v) is 14.9. The van der Waals surface area contributed by atoms with Crippen LogP contribution in [0.3, 0.4) is 0 Å². The number of fused-ring (bicyclic) bond motifs is 5. The monoisotopic (exact) mass is 337 g/mol. The first-order valence-electron chi connectivity index (χ1n) is 8.84. The van der Waals surface area contributed by atoms with Gasteiger partial charge in [-0.25, -0.2) is 0 Å². The first-order chi connectivity index (χ1) is 12.8. The van der Waals surface area contributed by atoms with Gasteiger partial charge < -0.3 is 9.14 Å². The van der Waals surface area contributed by atoms with Gasteiger partial charge in [0.1, 0.15) is 5.75 Å². The normalized spacial score (nSPS) is 11.5. The molecule has 0 spiro atoms. The van der Waals surface area contributed by atoms with Crippen molar-refractivity contribution in [3.05, 3.63) is 84.4 Å². The summed E-state index contributed by atoms with van der Waals surface area (Å²) in [5, 5.41) is 2.55. The van der Waals surface area contributed by atoms with Crippen LogP contribution in [0.1, 0.15) is 5.56 Å². The van der Waals surface area contributed by atoms with Crippen LogP contribution in [0.5, 0.6) is 5.75 Å². The summed E-state index contributed by atoms with van der Waals surface area (Å²) < 4.78 is 7.73. The molecular weight excluding hydrogens is 318 g/mol. The van der Waals surface area contributed by atoms with Crippen LogP contribution in [-0.4, -0.2) is 11.5 Å². The minimum Gasteiger partial charge on any atom is -0.497 e. The lowest BCUT2D eigenvalue weighted by atomic mass is 10.0. The molecule has 0 radical (unpaired) electrons. The van der Waals surface area contributed by atoms with Crippen molar-refractivity contribution >= 4 is 27.3 Å². The van der Waals surface area contributed by atoms with Crippen LogP contribution in [0.2, 0.25) is 0 Å². The Bertz CT molecular complexity index is 1260. The highest BCUT2D eigenvalue weighted by Crippen LogP contribution is 2.37. The lowest BCUT2D eigenvalue weighted by Crippen LogP contribution is -1.92. The fourth-order valence-corrected chi connectivity index (χ4v) is 4.00. The third kappa shape index (κ3) is 2.05. The number of aryl methyl sites for hydroxylation is 1. The summed E-state index contributed by atoms with van der Waals surface area (Å²) in [4.78, 5) is 0. The maximum Gasteiger partial charge on any atom is 0.118 e. The third-order valence-corrected chi connectivity index (χ3v) is 5.26. The number of ether oxygens (including phenoxy) is 1. The molecule has 0 atom stereocenters. The molecule has 0 amide bonds. The molecule has 0 aliphatic rings. The predicted octanol–water partition coefficient (Wildman–Crippen LogP) is 6.23. The summed E-state index contributed by atoms with van der Waals surface area (Å²) in [6.45, 7) is 2.22. The molecular formula is C24H19NO. The summed E-state index contributed by atoms with van der Waals surface area (Å²) >= 11 is 0. The van der Waals surface area contributed by atoms with Crippen molar-refractivity contribution in [1.82, 2.24) is 4.40 Å². The van der Waals surface area contributed by atoms with Crippen LogP contribution in [0.4, 0.5) is 0 Å². The first kappa shape index (κ1) is 15.0. The lowest BCUT2D eigenvalue weighted by molar-refractivity contribution is 0.415. The molecule has 0 saturated carbocycles. The minimum atomic E-state index is 0.878. The van der Waals surface area contributed by atoms with E-state index < -0.39 is 0 Å². The summed E-state index contributed by atoms with van der Waals surface area (Å²) in [5.41, 5.74) is 7.54. The van der Waals surface area contributed by atoms with Gasteiger partial charge in [0.25, 0.3) is 0 Å². The molecule has 0 saturated heterocycles. The topological polar surface area (TPSA) is 13.6 Å². The van der Waals surface area contributed by atoms with Crippen LogP contribution < -0.4 is 4.74 Å². The van der Waals surface area contributed by atoms with E-state index >= 15 is 0 Å². The van der Waals surface area contributed by atoms with Gasteiger partial charge in [0.15, 0.2) is 0 Å². The van der Waals surface area contributed by atoms with Gasteiger partial charge in [0.05, 0.1) is 23.7 Å². The van der Waals surface area contributed by atoms with Crippen molar-refractivity contribution in [3.8, 4) is 16.9 Å². The van der Waals surface area contributed by atoms with Gasteiger partial charge in [-0.05, 0) is 53.8 Å². The molecule has 2 heteroatoms. The van der Waals surface area contributed by atoms with Crippen molar-refractivity contribution in [2.24, 2.45) is 0 Å². The number of nitrogens with zero attached hydrogens (tertiary/aromatic N) is 1. The molecule has 0 fully saturated rings. The van der Waals surface area contributed by atoms with Gasteiger partial charge in [-0.1, -0.05) is 48.5 Å². The Hall–Kier alpha value is -3.26. The van der Waals surface area contributed by atoms with Crippen molar-refractivity contribution < 1.29 is 4.74 Å². The molecule has 3 aromatic carbocycles. The molecule has 2 nitrogen and oxygen atoms in total. The number of hydrogen-bond donors (Lipinski definition) is 0. The zero-order valence-electron chi connectivity index (χ0n) is 14.9. The van der Waals surface area contributed by atoms with Gasteiger partial charge in [-0.3, -0.25) is 0 Å². The van der Waals surface area contributed by atoms with Gasteiger partial charge >= 0.3 is 0 Å². The van der Waals surface area contributed by atoms with E-state index in [1.54, 1.807) is 7.11 Å². The van der Waals surface area contributed by atoms with Crippen LogP contribution in [0, 0.1) is 6.92 Å². The zero-order chi connectivity index (χ0) is 17.7. The number of aromatic nitrogens is 1. The Balaban J connectivity index is 1.98. The van der Waals surface area contributed by atoms with Crippen LogP contribution in [0.15, 0.2) is 78.9 Å². The van der Waals surface area contributed by atoms with E-state index in [1.165, 1.54) is 44.0 Å². The number of hydrogen-bond acceptors (Lipinski definition) is 1. The molecule has 5 rings (SSSR count). The van der Waals surface area contributed by atoms with E-state index in [2.05, 4.69) is 78.1 Å². The van der Waals surface area contributed by atoms with Crippen molar-refractivity contribution in [3.63, 3.8) is 0 Å². The van der Waals surface area contributed by atoms with Gasteiger partial charge in [0.2, 0.25) is 0 Å². The maximum absolute atomic E-state index is 5.33. The molecule has 2 heterocycles. The predicted molar refractivity (Wildman–Crippen MR) is 109 cm³/mol. The van der Waals surface area contributed by atoms with Crippen LogP contribution in [0.25, 0.3) is 38.4 Å². The Morgan fingerprint density at radius 1 is 0.769 bits per heavy atom. The largest absolute Gasteiger partial charge is 0.497 e. The Morgan fingerprint density at radius 3 is 2.23 bits per heavy atom. The molecule has 0 aliphatic carbocycles. The SMILES string of the molecule is COc1ccc(-c2cc3ccccc3n3c2c(C)c2ccccc23)cc1. The molecule has 5 aromatic rings. The van der Waals surface area contributed by atoms with E-state index in [0.29, 0.717) is 0 Å². The van der Waals surface area contributed by atoms with E-state index in [-0.39, 0.29) is 0 Å². The average Bonchev–Trinajstić information content (AvgIpc) is 3.01. The molecule has 0 N–H and O–H groups in total. The smallest absolute Gasteiger partial charge is 0.118 e. The second kappa shape index (κ2) is 5.63. The number of methoxy groups -OCH3 is 1. The van der Waals surface area contributed by atoms with Gasteiger partial charge in [-0.2, -0.15) is 0 Å². The van der Waals surface area contributed by atoms with E-state index in [1.807, 2.05) is 12.1 Å². The highest BCUT2D eigenvalue weighted by Gasteiger charge is 2.15. The van der Waals surface area contributed by atoms with E-state index in [9.17, 15) is 0 Å². The summed E-state index contributed by atoms with van der Waals surface area (Å²) in [7, 11) is 1.70. The molecule has 0 bridgehead atoms. The quantitative estimate of drug-likeness (QED) is 0.372. The van der Waals surface area contributed by atoms with E-state index in [0.717, 1.165) is 5.75 Å². The number of benzene rings is 3. The molecule has 0 unspecified atom stereocenters. The fourth-order valence-electron chi connectivity index (χ4n) is 4.00. The lowest BCUT2D eigenvalue weighted by Gasteiger charge is -2.12. The molecule has 0 aliphatic heterocycles. The Morgan fingerprint density at radius 2 is 1.46 bits per heavy atom. The standard InChI is InChI=1S/C24H19NO/c1-16-20-8-4-6-10-23(20)25-22-9-5-3-7-18(22)15-21(24(16)25)17-11-13-19(26-2)14-12-17/h3-15H,1-2H3. The maximum atomic E-state index is 5.33. The van der Waals surface area contributed by atoms with Gasteiger partial charge in [0, 0.05) is 10.9 Å². The minimum absolute atomic E-state index is 0.878. The van der Waals surface area contributed by atoms with E-state index in [4.69, 9.17) is 4.74 Å². The molecule has 26 heavy (non-hydrogen) atoms. The van der Waals surface area contributed by atoms with Crippen LogP contribution in [-0.2, 0) is 0 Å². The van der Waals surface area contributed by atoms with Gasteiger partial charge in [-0.15, -0.1) is 0 Å². The van der Waals surface area contributed by atoms with Crippen LogP contribution >= 0.6 is 0 Å². The highest BCUT2D eigenvalue weighted by molar-refractivity contribution is 6.04. The summed E-state index contributed by atoms with van der Waals surface area (Å²) in [6, 6.07) is 27.9. The number of para-hydroxylation sites is 2. The van der Waals surface area contributed by atoms with Crippen molar-refractivity contribution in [2.75, 3.05) is 7.11 Å². The molecule has 2 aromatic heterocycles. The number of rotatable bonds is 2. The van der Waals surface area contributed by atoms with Crippen molar-refractivity contribution in [1.29, 1.82) is 0 Å². The summed E-state index contributed by atoms with van der Waals surface area (Å²) in [6.07, 6.45) is 0. The number of pyridine rings is 1.